The molecule has 0 aliphatic carbocycles. The summed E-state index contributed by atoms with van der Waals surface area (Å²) in [7, 11) is 3.26. The van der Waals surface area contributed by atoms with Crippen molar-refractivity contribution < 1.29 is 23.2 Å². The Morgan fingerprint density at radius 1 is 1.09 bits per heavy atom. The van der Waals surface area contributed by atoms with Crippen molar-refractivity contribution in [1.29, 1.82) is 0 Å². The lowest BCUT2D eigenvalue weighted by Gasteiger charge is -2.32. The number of carbonyl (C=O) groups is 1. The minimum absolute atomic E-state index is 0.190. The van der Waals surface area contributed by atoms with Crippen LogP contribution in [-0.2, 0) is 6.42 Å². The van der Waals surface area contributed by atoms with Crippen LogP contribution in [0.5, 0.6) is 11.5 Å². The summed E-state index contributed by atoms with van der Waals surface area (Å²) in [4.78, 5) is 19.7. The van der Waals surface area contributed by atoms with Gasteiger partial charge in [-0.05, 0) is 37.5 Å². The van der Waals surface area contributed by atoms with E-state index in [1.165, 1.54) is 0 Å². The van der Waals surface area contributed by atoms with E-state index < -0.39 is 0 Å². The molecule has 8 nitrogen and oxygen atoms in total. The first-order valence-corrected chi connectivity index (χ1v) is 11.6. The van der Waals surface area contributed by atoms with Crippen molar-refractivity contribution in [3.8, 4) is 22.8 Å². The zero-order chi connectivity index (χ0) is 24.2. The Morgan fingerprint density at radius 2 is 1.97 bits per heavy atom. The van der Waals surface area contributed by atoms with Crippen molar-refractivity contribution in [3.63, 3.8) is 0 Å². The fraction of sp³-hybridized carbons (Fsp3) is 0.296. The Labute approximate surface area is 203 Å². The number of rotatable bonds is 7. The van der Waals surface area contributed by atoms with Crippen molar-refractivity contribution in [2.45, 2.75) is 31.7 Å². The molecule has 5 rings (SSSR count). The van der Waals surface area contributed by atoms with Crippen LogP contribution < -0.4 is 9.47 Å². The maximum absolute atomic E-state index is 13.4. The molecule has 1 aliphatic heterocycles. The van der Waals surface area contributed by atoms with E-state index in [4.69, 9.17) is 18.4 Å². The molecule has 0 unspecified atom stereocenters. The zero-order valence-electron chi connectivity index (χ0n) is 19.8. The number of hydrogen-bond donors (Lipinski definition) is 0. The molecule has 1 aliphatic rings. The summed E-state index contributed by atoms with van der Waals surface area (Å²) in [5.41, 5.74) is 2.41. The van der Waals surface area contributed by atoms with E-state index >= 15 is 0 Å². The minimum atomic E-state index is -0.256. The fourth-order valence-corrected chi connectivity index (χ4v) is 4.46. The highest BCUT2D eigenvalue weighted by Crippen LogP contribution is 2.33. The first kappa shape index (κ1) is 22.7. The van der Waals surface area contributed by atoms with Crippen molar-refractivity contribution in [2.24, 2.45) is 0 Å². The number of para-hydroxylation sites is 1. The molecule has 1 atom stereocenters. The summed E-state index contributed by atoms with van der Waals surface area (Å²) in [5.74, 6) is 2.74. The molecule has 1 saturated heterocycles. The van der Waals surface area contributed by atoms with Gasteiger partial charge in [-0.2, -0.15) is 0 Å². The largest absolute Gasteiger partial charge is 0.497 e. The Kier molecular flexibility index (Phi) is 6.52. The SMILES string of the molecule is COc1cccc(-c2cc(C(=O)N3CCCC[C@@H]3c3ncc(Cc4ccccc4OC)o3)on2)c1. The summed E-state index contributed by atoms with van der Waals surface area (Å²) in [6.07, 6.45) is 4.97. The topological polar surface area (TPSA) is 90.8 Å². The third-order valence-corrected chi connectivity index (χ3v) is 6.26. The van der Waals surface area contributed by atoms with Crippen LogP contribution in [-0.4, -0.2) is 41.7 Å². The molecule has 0 spiro atoms. The molecule has 1 fully saturated rings. The Balaban J connectivity index is 1.35. The summed E-state index contributed by atoms with van der Waals surface area (Å²) in [5, 5.41) is 4.11. The molecule has 2 aromatic carbocycles. The predicted octanol–water partition coefficient (Wildman–Crippen LogP) is 5.31. The van der Waals surface area contributed by atoms with Gasteiger partial charge in [0.05, 0.1) is 20.4 Å². The highest BCUT2D eigenvalue weighted by molar-refractivity contribution is 5.92. The van der Waals surface area contributed by atoms with Gasteiger partial charge in [0.15, 0.2) is 0 Å². The maximum atomic E-state index is 13.4. The monoisotopic (exact) mass is 473 g/mol. The Bertz CT molecular complexity index is 1310. The first-order chi connectivity index (χ1) is 17.2. The van der Waals surface area contributed by atoms with E-state index in [0.717, 1.165) is 41.9 Å². The number of ether oxygens (including phenoxy) is 2. The molecule has 0 N–H and O–H groups in total. The lowest BCUT2D eigenvalue weighted by atomic mass is 10.0. The van der Waals surface area contributed by atoms with Crippen LogP contribution >= 0.6 is 0 Å². The number of amides is 1. The standard InChI is InChI=1S/C27H27N3O5/c1-32-20-10-7-9-18(14-20)22-16-25(35-29-22)27(31)30-13-6-5-11-23(30)26-28-17-21(34-26)15-19-8-3-4-12-24(19)33-2/h3-4,7-10,12,14,16-17,23H,5-6,11,13,15H2,1-2H3/t23-/m1/s1. The number of oxazole rings is 1. The van der Waals surface area contributed by atoms with Crippen LogP contribution in [0.15, 0.2) is 69.7 Å². The molecule has 35 heavy (non-hydrogen) atoms. The lowest BCUT2D eigenvalue weighted by Crippen LogP contribution is -2.38. The average Bonchev–Trinajstić information content (AvgIpc) is 3.59. The molecule has 1 amide bonds. The van der Waals surface area contributed by atoms with E-state index in [0.29, 0.717) is 30.3 Å². The Hall–Kier alpha value is -4.07. The third kappa shape index (κ3) is 4.77. The van der Waals surface area contributed by atoms with E-state index in [1.807, 2.05) is 48.5 Å². The van der Waals surface area contributed by atoms with E-state index in [-0.39, 0.29) is 17.7 Å². The van der Waals surface area contributed by atoms with Crippen molar-refractivity contribution in [3.05, 3.63) is 83.8 Å². The van der Waals surface area contributed by atoms with Gasteiger partial charge in [-0.1, -0.05) is 35.5 Å². The van der Waals surface area contributed by atoms with Gasteiger partial charge >= 0.3 is 0 Å². The molecule has 4 aromatic rings. The van der Waals surface area contributed by atoms with E-state index in [9.17, 15) is 4.79 Å². The molecule has 2 aromatic heterocycles. The van der Waals surface area contributed by atoms with Crippen LogP contribution in [0.25, 0.3) is 11.3 Å². The Morgan fingerprint density at radius 3 is 2.83 bits per heavy atom. The molecule has 180 valence electrons. The second kappa shape index (κ2) is 10.0. The molecule has 0 bridgehead atoms. The fourth-order valence-electron chi connectivity index (χ4n) is 4.46. The highest BCUT2D eigenvalue weighted by atomic mass is 16.5. The summed E-state index contributed by atoms with van der Waals surface area (Å²) in [6, 6.07) is 16.7. The van der Waals surface area contributed by atoms with Crippen LogP contribution in [0.1, 0.15) is 53.1 Å². The van der Waals surface area contributed by atoms with Gasteiger partial charge in [-0.3, -0.25) is 4.79 Å². The highest BCUT2D eigenvalue weighted by Gasteiger charge is 2.34. The second-order valence-electron chi connectivity index (χ2n) is 8.47. The normalized spacial score (nSPS) is 15.7. The zero-order valence-corrected chi connectivity index (χ0v) is 19.8. The number of piperidine rings is 1. The third-order valence-electron chi connectivity index (χ3n) is 6.26. The van der Waals surface area contributed by atoms with Crippen LogP contribution in [0.2, 0.25) is 0 Å². The summed E-state index contributed by atoms with van der Waals surface area (Å²) in [6.45, 7) is 0.600. The number of carbonyl (C=O) groups excluding carboxylic acids is 1. The number of likely N-dealkylation sites (tertiary alicyclic amines) is 1. The number of hydrogen-bond acceptors (Lipinski definition) is 7. The van der Waals surface area contributed by atoms with Gasteiger partial charge in [0, 0.05) is 30.2 Å². The van der Waals surface area contributed by atoms with Crippen LogP contribution in [0.4, 0.5) is 0 Å². The molecular formula is C27H27N3O5. The molecule has 3 heterocycles. The van der Waals surface area contributed by atoms with Gasteiger partial charge in [-0.25, -0.2) is 4.98 Å². The minimum Gasteiger partial charge on any atom is -0.497 e. The molecule has 0 saturated carbocycles. The van der Waals surface area contributed by atoms with Gasteiger partial charge < -0.3 is 23.3 Å². The molecule has 8 heteroatoms. The maximum Gasteiger partial charge on any atom is 0.293 e. The van der Waals surface area contributed by atoms with Crippen molar-refractivity contribution in [1.82, 2.24) is 15.0 Å². The van der Waals surface area contributed by atoms with Gasteiger partial charge in [0.1, 0.15) is 29.0 Å². The summed E-state index contributed by atoms with van der Waals surface area (Å²) < 4.78 is 22.3. The number of aromatic nitrogens is 2. The summed E-state index contributed by atoms with van der Waals surface area (Å²) >= 11 is 0. The predicted molar refractivity (Wildman–Crippen MR) is 128 cm³/mol. The average molecular weight is 474 g/mol. The molecular weight excluding hydrogens is 446 g/mol. The van der Waals surface area contributed by atoms with E-state index in [2.05, 4.69) is 10.1 Å². The number of nitrogens with zero attached hydrogens (tertiary/aromatic N) is 3. The van der Waals surface area contributed by atoms with E-state index in [1.54, 1.807) is 31.4 Å². The van der Waals surface area contributed by atoms with Crippen LogP contribution in [0.3, 0.4) is 0 Å². The lowest BCUT2D eigenvalue weighted by molar-refractivity contribution is 0.0528. The van der Waals surface area contributed by atoms with Crippen LogP contribution in [0, 0.1) is 0 Å². The van der Waals surface area contributed by atoms with Gasteiger partial charge in [0.25, 0.3) is 5.91 Å². The van der Waals surface area contributed by atoms with Crippen molar-refractivity contribution in [2.75, 3.05) is 20.8 Å². The number of benzene rings is 2. The van der Waals surface area contributed by atoms with Gasteiger partial charge in [0.2, 0.25) is 11.7 Å². The van der Waals surface area contributed by atoms with Crippen molar-refractivity contribution >= 4 is 5.91 Å². The first-order valence-electron chi connectivity index (χ1n) is 11.6. The smallest absolute Gasteiger partial charge is 0.293 e. The number of methoxy groups -OCH3 is 2. The van der Waals surface area contributed by atoms with Gasteiger partial charge in [-0.15, -0.1) is 0 Å². The molecule has 0 radical (unpaired) electrons. The second-order valence-corrected chi connectivity index (χ2v) is 8.47. The quantitative estimate of drug-likeness (QED) is 0.359.